The van der Waals surface area contributed by atoms with E-state index in [0.29, 0.717) is 43.3 Å². The van der Waals surface area contributed by atoms with E-state index in [-0.39, 0.29) is 49.5 Å². The summed E-state index contributed by atoms with van der Waals surface area (Å²) < 4.78 is 27.3. The normalized spacial score (nSPS) is 26.7. The highest BCUT2D eigenvalue weighted by molar-refractivity contribution is 6.05. The van der Waals surface area contributed by atoms with Gasteiger partial charge in [-0.25, -0.2) is 9.18 Å². The van der Waals surface area contributed by atoms with E-state index in [1.165, 1.54) is 11.0 Å². The average molecular weight is 642 g/mol. The first-order chi connectivity index (χ1) is 21.9. The minimum atomic E-state index is -0.710. The van der Waals surface area contributed by atoms with Crippen molar-refractivity contribution < 1.29 is 33.0 Å². The molecule has 0 spiro atoms. The smallest absolute Gasteiger partial charge is 0.410 e. The lowest BCUT2D eigenvalue weighted by molar-refractivity contribution is -0.136. The molecule has 1 unspecified atom stereocenters. The van der Waals surface area contributed by atoms with Crippen LogP contribution in [0.5, 0.6) is 0 Å². The van der Waals surface area contributed by atoms with Gasteiger partial charge in [0.2, 0.25) is 11.8 Å². The summed E-state index contributed by atoms with van der Waals surface area (Å²) in [6.45, 7) is 11.4. The monoisotopic (exact) mass is 641 g/mol. The van der Waals surface area contributed by atoms with E-state index in [0.717, 1.165) is 63.7 Å². The Bertz CT molecular complexity index is 1330. The third-order valence-electron chi connectivity index (χ3n) is 10.1. The van der Waals surface area contributed by atoms with Gasteiger partial charge >= 0.3 is 6.09 Å². The summed E-state index contributed by atoms with van der Waals surface area (Å²) >= 11 is 0. The van der Waals surface area contributed by atoms with Crippen LogP contribution < -0.4 is 10.2 Å². The first-order valence-electron chi connectivity index (χ1n) is 17.0. The number of anilines is 1. The number of carbonyl (C=O) groups is 4. The molecule has 1 aromatic rings. The van der Waals surface area contributed by atoms with Crippen LogP contribution in [0, 0.1) is 11.7 Å². The van der Waals surface area contributed by atoms with Crippen molar-refractivity contribution in [2.75, 3.05) is 50.7 Å². The molecular weight excluding hydrogens is 593 g/mol. The van der Waals surface area contributed by atoms with Gasteiger partial charge < -0.3 is 24.2 Å². The number of piperidine rings is 2. The molecule has 6 rings (SSSR count). The lowest BCUT2D eigenvalue weighted by atomic mass is 9.86. The third kappa shape index (κ3) is 7.48. The molecule has 1 saturated carbocycles. The molecule has 3 saturated heterocycles. The van der Waals surface area contributed by atoms with E-state index in [4.69, 9.17) is 9.47 Å². The molecule has 0 bridgehead atoms. The fourth-order valence-corrected chi connectivity index (χ4v) is 7.58. The van der Waals surface area contributed by atoms with Gasteiger partial charge in [-0.15, -0.1) is 0 Å². The molecule has 46 heavy (non-hydrogen) atoms. The molecule has 11 nitrogen and oxygen atoms in total. The van der Waals surface area contributed by atoms with Crippen molar-refractivity contribution in [3.63, 3.8) is 0 Å². The second-order valence-electron chi connectivity index (χ2n) is 14.6. The summed E-state index contributed by atoms with van der Waals surface area (Å²) in [5, 5.41) is 2.31. The first kappa shape index (κ1) is 32.7. The van der Waals surface area contributed by atoms with Crippen LogP contribution >= 0.6 is 0 Å². The van der Waals surface area contributed by atoms with Crippen LogP contribution in [0.4, 0.5) is 14.9 Å². The zero-order valence-corrected chi connectivity index (χ0v) is 27.4. The summed E-state index contributed by atoms with van der Waals surface area (Å²) in [5.41, 5.74) is 1.05. The first-order valence-corrected chi connectivity index (χ1v) is 17.0. The van der Waals surface area contributed by atoms with Crippen LogP contribution in [0.1, 0.15) is 88.1 Å². The highest BCUT2D eigenvalue weighted by Crippen LogP contribution is 2.34. The zero-order valence-electron chi connectivity index (χ0n) is 27.4. The number of nitrogens with one attached hydrogen (secondary N) is 1. The van der Waals surface area contributed by atoms with E-state index in [1.807, 2.05) is 20.8 Å². The number of nitrogens with zero attached hydrogens (tertiary/aromatic N) is 4. The molecule has 4 heterocycles. The molecule has 1 N–H and O–H groups in total. The number of likely N-dealkylation sites (tertiary alicyclic amines) is 1. The van der Waals surface area contributed by atoms with E-state index < -0.39 is 23.4 Å². The van der Waals surface area contributed by atoms with E-state index in [1.54, 1.807) is 11.0 Å². The number of benzene rings is 1. The molecule has 4 aliphatic heterocycles. The number of fused-ring (bicyclic) bond motifs is 1. The minimum Gasteiger partial charge on any atom is -0.444 e. The number of hydrogen-bond donors (Lipinski definition) is 1. The van der Waals surface area contributed by atoms with Gasteiger partial charge in [0.05, 0.1) is 17.9 Å². The SMILES string of the molecule is CC(C)(C)OC(=O)N1CCC(O[C@H]2CC[C@H](CN3CCN(c4cc5c(cc4F)C(=O)N(C4CCC(=O)NC4=O)C5)CC3)CC2)CC1. The quantitative estimate of drug-likeness (QED) is 0.469. The Morgan fingerprint density at radius 2 is 1.59 bits per heavy atom. The van der Waals surface area contributed by atoms with Crippen LogP contribution in [-0.4, -0.2) is 108 Å². The third-order valence-corrected chi connectivity index (χ3v) is 10.1. The van der Waals surface area contributed by atoms with Gasteiger partial charge in [-0.1, -0.05) is 0 Å². The fraction of sp³-hybridized carbons (Fsp3) is 0.706. The topological polar surface area (TPSA) is 112 Å². The predicted molar refractivity (Wildman–Crippen MR) is 169 cm³/mol. The largest absolute Gasteiger partial charge is 0.444 e. The number of rotatable bonds is 6. The van der Waals surface area contributed by atoms with Crippen molar-refractivity contribution in [3.8, 4) is 0 Å². The van der Waals surface area contributed by atoms with E-state index >= 15 is 4.39 Å². The van der Waals surface area contributed by atoms with Crippen LogP contribution in [0.15, 0.2) is 12.1 Å². The maximum atomic E-state index is 15.3. The second kappa shape index (κ2) is 13.5. The number of amides is 4. The van der Waals surface area contributed by atoms with Crippen molar-refractivity contribution in [3.05, 3.63) is 29.1 Å². The Morgan fingerprint density at radius 3 is 2.24 bits per heavy atom. The summed E-state index contributed by atoms with van der Waals surface area (Å²) in [6.07, 6.45) is 6.82. The molecular formula is C34H48FN5O6. The summed E-state index contributed by atoms with van der Waals surface area (Å²) in [4.78, 5) is 57.1. The molecule has 1 aliphatic carbocycles. The van der Waals surface area contributed by atoms with Crippen LogP contribution in [0.25, 0.3) is 0 Å². The molecule has 0 radical (unpaired) electrons. The van der Waals surface area contributed by atoms with Crippen LogP contribution in [0.2, 0.25) is 0 Å². The van der Waals surface area contributed by atoms with E-state index in [9.17, 15) is 19.2 Å². The van der Waals surface area contributed by atoms with Crippen molar-refractivity contribution >= 4 is 29.5 Å². The maximum absolute atomic E-state index is 15.3. The molecule has 12 heteroatoms. The Hall–Kier alpha value is -3.25. The maximum Gasteiger partial charge on any atom is 0.410 e. The van der Waals surface area contributed by atoms with Gasteiger partial charge in [0.15, 0.2) is 0 Å². The molecule has 5 aliphatic rings. The van der Waals surface area contributed by atoms with Gasteiger partial charge in [-0.05, 0) is 89.3 Å². The second-order valence-corrected chi connectivity index (χ2v) is 14.6. The number of imide groups is 1. The fourth-order valence-electron chi connectivity index (χ4n) is 7.58. The zero-order chi connectivity index (χ0) is 32.6. The number of ether oxygens (including phenoxy) is 2. The highest BCUT2D eigenvalue weighted by Gasteiger charge is 2.40. The van der Waals surface area contributed by atoms with Crippen molar-refractivity contribution in [1.82, 2.24) is 20.0 Å². The van der Waals surface area contributed by atoms with Gasteiger partial charge in [0, 0.05) is 64.3 Å². The summed E-state index contributed by atoms with van der Waals surface area (Å²) in [5.74, 6) is -0.943. The lowest BCUT2D eigenvalue weighted by Gasteiger charge is -2.40. The summed E-state index contributed by atoms with van der Waals surface area (Å²) in [7, 11) is 0. The number of hydrogen-bond acceptors (Lipinski definition) is 8. The van der Waals surface area contributed by atoms with Crippen LogP contribution in [-0.2, 0) is 25.6 Å². The van der Waals surface area contributed by atoms with Gasteiger partial charge in [0.25, 0.3) is 5.91 Å². The highest BCUT2D eigenvalue weighted by atomic mass is 19.1. The van der Waals surface area contributed by atoms with Gasteiger partial charge in [-0.3, -0.25) is 24.6 Å². The number of halogens is 1. The standard InChI is InChI=1S/C34H48FN5O6/c1-34(2,3)46-33(44)39-12-10-25(11-13-39)45-24-6-4-22(5-7-24)20-37-14-16-38(17-15-37)29-18-23-21-40(32(43)26(23)19-27(29)35)28-8-9-30(41)36-31(28)42/h18-19,22,24-25,28H,4-17,20-21H2,1-3H3,(H,36,41,42)/t22-,24-,28?. The Kier molecular flexibility index (Phi) is 9.57. The van der Waals surface area contributed by atoms with Gasteiger partial charge in [-0.2, -0.15) is 0 Å². The summed E-state index contributed by atoms with van der Waals surface area (Å²) in [6, 6.07) is 2.38. The number of piperazine rings is 1. The molecule has 4 amide bonds. The minimum absolute atomic E-state index is 0.188. The Balaban J connectivity index is 0.924. The predicted octanol–water partition coefficient (Wildman–Crippen LogP) is 3.68. The molecule has 1 atom stereocenters. The Labute approximate surface area is 270 Å². The molecule has 252 valence electrons. The molecule has 1 aromatic carbocycles. The van der Waals surface area contributed by atoms with Crippen molar-refractivity contribution in [2.45, 2.75) is 103 Å². The number of carbonyl (C=O) groups excluding carboxylic acids is 4. The average Bonchev–Trinajstić information content (AvgIpc) is 3.32. The Morgan fingerprint density at radius 1 is 0.913 bits per heavy atom. The van der Waals surface area contributed by atoms with Crippen molar-refractivity contribution in [2.24, 2.45) is 5.92 Å². The molecule has 0 aromatic heterocycles. The van der Waals surface area contributed by atoms with Crippen molar-refractivity contribution in [1.29, 1.82) is 0 Å². The lowest BCUT2D eigenvalue weighted by Crippen LogP contribution is -2.52. The van der Waals surface area contributed by atoms with Gasteiger partial charge in [0.1, 0.15) is 17.5 Å². The molecule has 4 fully saturated rings. The van der Waals surface area contributed by atoms with Crippen LogP contribution in [0.3, 0.4) is 0 Å². The van der Waals surface area contributed by atoms with E-state index in [2.05, 4.69) is 15.1 Å².